The summed E-state index contributed by atoms with van der Waals surface area (Å²) in [5, 5.41) is 8.94. The predicted octanol–water partition coefficient (Wildman–Crippen LogP) is 3.72. The van der Waals surface area contributed by atoms with Crippen LogP contribution in [0.5, 0.6) is 5.75 Å². The van der Waals surface area contributed by atoms with E-state index >= 15 is 0 Å². The van der Waals surface area contributed by atoms with E-state index in [4.69, 9.17) is 9.26 Å². The Balaban J connectivity index is 1.80. The summed E-state index contributed by atoms with van der Waals surface area (Å²) >= 11 is 0. The third kappa shape index (κ3) is 3.12. The quantitative estimate of drug-likeness (QED) is 0.883. The summed E-state index contributed by atoms with van der Waals surface area (Å²) in [7, 11) is 1.72. The fourth-order valence-corrected chi connectivity index (χ4v) is 3.46. The highest BCUT2D eigenvalue weighted by atomic mass is 16.5. The highest BCUT2D eigenvalue weighted by Crippen LogP contribution is 2.32. The molecule has 1 aromatic carbocycles. The molecule has 4 heteroatoms. The zero-order chi connectivity index (χ0) is 15.4. The van der Waals surface area contributed by atoms with Crippen molar-refractivity contribution in [2.24, 2.45) is 5.92 Å². The molecule has 4 nitrogen and oxygen atoms in total. The fraction of sp³-hybridized carbons (Fsp3) is 0.611. The molecule has 1 aliphatic rings. The standard InChI is InChI=1S/C18H26N2O2/c1-3-4-15-17(21-2)8-6-14-16(20-22-18(14)15)7-5-13-9-11-19-12-10-13/h6,8,13,19H,3-5,7,9-12H2,1-2H3. The van der Waals surface area contributed by atoms with Crippen molar-refractivity contribution in [3.8, 4) is 5.75 Å². The van der Waals surface area contributed by atoms with Gasteiger partial charge in [0.2, 0.25) is 0 Å². The van der Waals surface area contributed by atoms with Crippen molar-refractivity contribution < 1.29 is 9.26 Å². The zero-order valence-corrected chi connectivity index (χ0v) is 13.7. The van der Waals surface area contributed by atoms with E-state index in [1.165, 1.54) is 19.3 Å². The zero-order valence-electron chi connectivity index (χ0n) is 13.7. The number of hydrogen-bond donors (Lipinski definition) is 1. The van der Waals surface area contributed by atoms with Gasteiger partial charge in [0.15, 0.2) is 5.58 Å². The first-order valence-corrected chi connectivity index (χ1v) is 8.48. The summed E-state index contributed by atoms with van der Waals surface area (Å²) in [6.07, 6.45) is 6.81. The second-order valence-corrected chi connectivity index (χ2v) is 6.23. The van der Waals surface area contributed by atoms with Crippen LogP contribution >= 0.6 is 0 Å². The van der Waals surface area contributed by atoms with E-state index in [0.29, 0.717) is 0 Å². The lowest BCUT2D eigenvalue weighted by Crippen LogP contribution is -2.27. The van der Waals surface area contributed by atoms with Crippen LogP contribution in [0.1, 0.15) is 43.9 Å². The number of aryl methyl sites for hydroxylation is 2. The van der Waals surface area contributed by atoms with E-state index in [9.17, 15) is 0 Å². The van der Waals surface area contributed by atoms with Crippen molar-refractivity contribution in [1.82, 2.24) is 10.5 Å². The number of aromatic nitrogens is 1. The molecule has 22 heavy (non-hydrogen) atoms. The monoisotopic (exact) mass is 302 g/mol. The van der Waals surface area contributed by atoms with E-state index in [-0.39, 0.29) is 0 Å². The van der Waals surface area contributed by atoms with Crippen molar-refractivity contribution in [2.75, 3.05) is 20.2 Å². The first kappa shape index (κ1) is 15.3. The van der Waals surface area contributed by atoms with Crippen LogP contribution in [-0.4, -0.2) is 25.4 Å². The molecule has 1 fully saturated rings. The lowest BCUT2D eigenvalue weighted by atomic mass is 9.92. The van der Waals surface area contributed by atoms with Crippen LogP contribution in [0.15, 0.2) is 16.7 Å². The molecule has 1 N–H and O–H groups in total. The Morgan fingerprint density at radius 3 is 2.82 bits per heavy atom. The van der Waals surface area contributed by atoms with Crippen LogP contribution < -0.4 is 10.1 Å². The van der Waals surface area contributed by atoms with Gasteiger partial charge in [0, 0.05) is 10.9 Å². The van der Waals surface area contributed by atoms with E-state index in [0.717, 1.165) is 66.2 Å². The average molecular weight is 302 g/mol. The van der Waals surface area contributed by atoms with Gasteiger partial charge in [-0.15, -0.1) is 0 Å². The predicted molar refractivity (Wildman–Crippen MR) is 88.5 cm³/mol. The molecule has 0 aliphatic carbocycles. The molecule has 0 spiro atoms. The molecular weight excluding hydrogens is 276 g/mol. The molecule has 120 valence electrons. The van der Waals surface area contributed by atoms with Gasteiger partial charge in [-0.1, -0.05) is 18.5 Å². The smallest absolute Gasteiger partial charge is 0.174 e. The van der Waals surface area contributed by atoms with Gasteiger partial charge in [-0.25, -0.2) is 0 Å². The summed E-state index contributed by atoms with van der Waals surface area (Å²) in [4.78, 5) is 0. The van der Waals surface area contributed by atoms with Crippen molar-refractivity contribution in [3.05, 3.63) is 23.4 Å². The van der Waals surface area contributed by atoms with Crippen LogP contribution in [0, 0.1) is 5.92 Å². The third-order valence-electron chi connectivity index (χ3n) is 4.74. The lowest BCUT2D eigenvalue weighted by Gasteiger charge is -2.21. The highest BCUT2D eigenvalue weighted by molar-refractivity contribution is 5.84. The summed E-state index contributed by atoms with van der Waals surface area (Å²) in [6.45, 7) is 4.48. The number of methoxy groups -OCH3 is 1. The van der Waals surface area contributed by atoms with E-state index in [2.05, 4.69) is 29.5 Å². The first-order valence-electron chi connectivity index (χ1n) is 8.48. The van der Waals surface area contributed by atoms with Gasteiger partial charge in [0.25, 0.3) is 0 Å². The van der Waals surface area contributed by atoms with Gasteiger partial charge in [0.1, 0.15) is 5.75 Å². The molecule has 0 saturated carbocycles. The summed E-state index contributed by atoms with van der Waals surface area (Å²) in [5.74, 6) is 1.73. The first-order chi connectivity index (χ1) is 10.8. The summed E-state index contributed by atoms with van der Waals surface area (Å²) in [6, 6.07) is 4.15. The minimum Gasteiger partial charge on any atom is -0.496 e. The lowest BCUT2D eigenvalue weighted by molar-refractivity contribution is 0.350. The van der Waals surface area contributed by atoms with Gasteiger partial charge >= 0.3 is 0 Å². The molecule has 1 aliphatic heterocycles. The van der Waals surface area contributed by atoms with Gasteiger partial charge in [-0.05, 0) is 63.2 Å². The van der Waals surface area contributed by atoms with Gasteiger partial charge in [-0.3, -0.25) is 0 Å². The number of fused-ring (bicyclic) bond motifs is 1. The Labute approximate surface area is 132 Å². The molecule has 3 rings (SSSR count). The average Bonchev–Trinajstić information content (AvgIpc) is 2.98. The Morgan fingerprint density at radius 2 is 2.09 bits per heavy atom. The van der Waals surface area contributed by atoms with Crippen LogP contribution in [0.2, 0.25) is 0 Å². The van der Waals surface area contributed by atoms with E-state index < -0.39 is 0 Å². The number of ether oxygens (including phenoxy) is 1. The van der Waals surface area contributed by atoms with Crippen molar-refractivity contribution in [1.29, 1.82) is 0 Å². The molecule has 1 aromatic heterocycles. The normalized spacial score (nSPS) is 16.3. The number of hydrogen-bond acceptors (Lipinski definition) is 4. The van der Waals surface area contributed by atoms with Crippen LogP contribution in [0.3, 0.4) is 0 Å². The maximum Gasteiger partial charge on any atom is 0.174 e. The Morgan fingerprint density at radius 1 is 1.27 bits per heavy atom. The summed E-state index contributed by atoms with van der Waals surface area (Å²) < 4.78 is 11.1. The number of benzene rings is 1. The van der Waals surface area contributed by atoms with Gasteiger partial charge in [0.05, 0.1) is 12.8 Å². The molecule has 2 heterocycles. The molecule has 1 saturated heterocycles. The molecule has 0 radical (unpaired) electrons. The largest absolute Gasteiger partial charge is 0.496 e. The van der Waals surface area contributed by atoms with Gasteiger partial charge in [-0.2, -0.15) is 0 Å². The highest BCUT2D eigenvalue weighted by Gasteiger charge is 2.18. The molecule has 0 bridgehead atoms. The van der Waals surface area contributed by atoms with Crippen molar-refractivity contribution in [2.45, 2.75) is 45.4 Å². The Bertz CT molecular complexity index is 615. The van der Waals surface area contributed by atoms with E-state index in [1.54, 1.807) is 7.11 Å². The summed E-state index contributed by atoms with van der Waals surface area (Å²) in [5.41, 5.74) is 3.18. The second kappa shape index (κ2) is 7.14. The van der Waals surface area contributed by atoms with Crippen LogP contribution in [0.25, 0.3) is 11.0 Å². The molecule has 0 atom stereocenters. The number of nitrogens with zero attached hydrogens (tertiary/aromatic N) is 1. The maximum absolute atomic E-state index is 5.67. The van der Waals surface area contributed by atoms with Crippen molar-refractivity contribution >= 4 is 11.0 Å². The molecule has 0 amide bonds. The van der Waals surface area contributed by atoms with Gasteiger partial charge < -0.3 is 14.6 Å². The maximum atomic E-state index is 5.67. The number of piperidine rings is 1. The minimum absolute atomic E-state index is 0.821. The molecule has 2 aromatic rings. The fourth-order valence-electron chi connectivity index (χ4n) is 3.46. The third-order valence-corrected chi connectivity index (χ3v) is 4.74. The minimum atomic E-state index is 0.821. The topological polar surface area (TPSA) is 47.3 Å². The van der Waals surface area contributed by atoms with Crippen LogP contribution in [-0.2, 0) is 12.8 Å². The number of rotatable bonds is 6. The Kier molecular flexibility index (Phi) is 4.98. The van der Waals surface area contributed by atoms with Crippen LogP contribution in [0.4, 0.5) is 0 Å². The SMILES string of the molecule is CCCc1c(OC)ccc2c(CCC3CCNCC3)noc12. The Hall–Kier alpha value is -1.55. The second-order valence-electron chi connectivity index (χ2n) is 6.23. The molecular formula is C18H26N2O2. The molecule has 0 unspecified atom stereocenters. The number of nitrogens with one attached hydrogen (secondary N) is 1. The van der Waals surface area contributed by atoms with E-state index in [1.807, 2.05) is 0 Å². The van der Waals surface area contributed by atoms with Crippen molar-refractivity contribution in [3.63, 3.8) is 0 Å².